The highest BCUT2D eigenvalue weighted by Crippen LogP contribution is 2.21. The normalized spacial score (nSPS) is 19.4. The minimum absolute atomic E-state index is 0.123. The summed E-state index contributed by atoms with van der Waals surface area (Å²) < 4.78 is 7.15. The Balaban J connectivity index is 2.28. The zero-order valence-corrected chi connectivity index (χ0v) is 12.3. The van der Waals surface area contributed by atoms with E-state index in [0.29, 0.717) is 0 Å². The molecule has 0 fully saturated rings. The molecule has 19 heavy (non-hydrogen) atoms. The number of thioether (sulfide) groups is 1. The number of hydrogen-bond donors (Lipinski definition) is 0. The van der Waals surface area contributed by atoms with Gasteiger partial charge >= 0.3 is 5.97 Å². The summed E-state index contributed by atoms with van der Waals surface area (Å²) in [5, 5.41) is 1.28. The van der Waals surface area contributed by atoms with Crippen molar-refractivity contribution in [2.75, 3.05) is 13.4 Å². The SMILES string of the molecule is COC(=O)[C@@H]1CCCC(SC)=[N+]1Cc1ccccc1. The van der Waals surface area contributed by atoms with Gasteiger partial charge in [-0.25, -0.2) is 9.37 Å². The lowest BCUT2D eigenvalue weighted by molar-refractivity contribution is -0.573. The van der Waals surface area contributed by atoms with E-state index in [4.69, 9.17) is 4.74 Å². The number of ether oxygens (including phenoxy) is 1. The van der Waals surface area contributed by atoms with E-state index in [-0.39, 0.29) is 12.0 Å². The Kier molecular flexibility index (Phi) is 5.02. The lowest BCUT2D eigenvalue weighted by atomic mass is 10.0. The Bertz CT molecular complexity index is 470. The Labute approximate surface area is 118 Å². The molecule has 0 bridgehead atoms. The van der Waals surface area contributed by atoms with Crippen LogP contribution < -0.4 is 0 Å². The van der Waals surface area contributed by atoms with E-state index in [1.54, 1.807) is 11.8 Å². The summed E-state index contributed by atoms with van der Waals surface area (Å²) in [5.74, 6) is -0.123. The largest absolute Gasteiger partial charge is 0.464 e. The molecule has 1 aliphatic rings. The highest BCUT2D eigenvalue weighted by molar-refractivity contribution is 8.13. The monoisotopic (exact) mass is 278 g/mol. The van der Waals surface area contributed by atoms with Gasteiger partial charge in [-0.15, -0.1) is 0 Å². The maximum atomic E-state index is 11.9. The van der Waals surface area contributed by atoms with Gasteiger partial charge in [0, 0.05) is 18.4 Å². The Morgan fingerprint density at radius 2 is 2.16 bits per heavy atom. The molecular formula is C15H20NO2S+. The quantitative estimate of drug-likeness (QED) is 0.629. The van der Waals surface area contributed by atoms with Crippen molar-refractivity contribution < 1.29 is 14.1 Å². The predicted molar refractivity (Wildman–Crippen MR) is 78.6 cm³/mol. The lowest BCUT2D eigenvalue weighted by Gasteiger charge is -2.21. The van der Waals surface area contributed by atoms with Crippen LogP contribution in [0.25, 0.3) is 0 Å². The topological polar surface area (TPSA) is 29.3 Å². The summed E-state index contributed by atoms with van der Waals surface area (Å²) in [4.78, 5) is 11.9. The van der Waals surface area contributed by atoms with Crippen molar-refractivity contribution >= 4 is 22.8 Å². The molecule has 2 rings (SSSR count). The second kappa shape index (κ2) is 6.75. The molecule has 0 radical (unpaired) electrons. The average molecular weight is 278 g/mol. The van der Waals surface area contributed by atoms with Crippen molar-refractivity contribution in [2.45, 2.75) is 31.8 Å². The molecule has 0 N–H and O–H groups in total. The molecule has 1 aromatic rings. The van der Waals surface area contributed by atoms with Gasteiger partial charge in [-0.3, -0.25) is 0 Å². The first-order chi connectivity index (χ1) is 9.26. The van der Waals surface area contributed by atoms with Crippen LogP contribution in [0, 0.1) is 0 Å². The molecule has 0 amide bonds. The van der Waals surface area contributed by atoms with E-state index >= 15 is 0 Å². The molecule has 0 saturated heterocycles. The molecule has 0 aliphatic carbocycles. The van der Waals surface area contributed by atoms with Crippen molar-refractivity contribution in [1.82, 2.24) is 0 Å². The van der Waals surface area contributed by atoms with E-state index in [0.717, 1.165) is 25.8 Å². The summed E-state index contributed by atoms with van der Waals surface area (Å²) in [7, 11) is 1.47. The van der Waals surface area contributed by atoms with E-state index < -0.39 is 0 Å². The molecule has 1 heterocycles. The summed E-state index contributed by atoms with van der Waals surface area (Å²) >= 11 is 1.74. The molecule has 0 aromatic heterocycles. The minimum atomic E-state index is -0.138. The fourth-order valence-electron chi connectivity index (χ4n) is 2.50. The van der Waals surface area contributed by atoms with Crippen LogP contribution >= 0.6 is 11.8 Å². The molecule has 3 nitrogen and oxygen atoms in total. The zero-order chi connectivity index (χ0) is 13.7. The summed E-state index contributed by atoms with van der Waals surface area (Å²) in [6.45, 7) is 0.775. The average Bonchev–Trinajstić information content (AvgIpc) is 2.47. The second-order valence-corrected chi connectivity index (χ2v) is 5.52. The molecular weight excluding hydrogens is 258 g/mol. The van der Waals surface area contributed by atoms with Gasteiger partial charge in [0.25, 0.3) is 0 Å². The lowest BCUT2D eigenvalue weighted by Crippen LogP contribution is -2.40. The Morgan fingerprint density at radius 1 is 1.42 bits per heavy atom. The maximum Gasteiger partial charge on any atom is 0.375 e. The van der Waals surface area contributed by atoms with Crippen LogP contribution in [0.15, 0.2) is 30.3 Å². The molecule has 4 heteroatoms. The molecule has 102 valence electrons. The van der Waals surface area contributed by atoms with Gasteiger partial charge in [-0.1, -0.05) is 42.1 Å². The standard InChI is InChI=1S/C15H20NO2S/c1-18-15(17)13-9-6-10-14(19-2)16(13)11-12-7-4-3-5-8-12/h3-5,7-8,13H,6,9-11H2,1-2H3/q+1/t13-/m0/s1. The third-order valence-electron chi connectivity index (χ3n) is 3.47. The van der Waals surface area contributed by atoms with Crippen molar-refractivity contribution in [1.29, 1.82) is 0 Å². The van der Waals surface area contributed by atoms with Crippen LogP contribution in [-0.2, 0) is 16.1 Å². The first kappa shape index (κ1) is 14.1. The number of carbonyl (C=O) groups excluding carboxylic acids is 1. The van der Waals surface area contributed by atoms with E-state index in [9.17, 15) is 4.79 Å². The molecule has 0 unspecified atom stereocenters. The first-order valence-electron chi connectivity index (χ1n) is 6.54. The zero-order valence-electron chi connectivity index (χ0n) is 11.5. The van der Waals surface area contributed by atoms with E-state index in [1.165, 1.54) is 17.7 Å². The van der Waals surface area contributed by atoms with Gasteiger partial charge in [0.15, 0.2) is 6.54 Å². The van der Waals surface area contributed by atoms with E-state index in [2.05, 4.69) is 23.0 Å². The number of rotatable bonds is 3. The number of benzene rings is 1. The highest BCUT2D eigenvalue weighted by Gasteiger charge is 2.36. The van der Waals surface area contributed by atoms with Crippen LogP contribution in [0.4, 0.5) is 0 Å². The third kappa shape index (κ3) is 3.38. The molecule has 1 atom stereocenters. The number of nitrogens with zero attached hydrogens (tertiary/aromatic N) is 1. The maximum absolute atomic E-state index is 11.9. The van der Waals surface area contributed by atoms with Crippen molar-refractivity contribution in [2.24, 2.45) is 0 Å². The van der Waals surface area contributed by atoms with Crippen molar-refractivity contribution in [3.05, 3.63) is 35.9 Å². The number of methoxy groups -OCH3 is 1. The van der Waals surface area contributed by atoms with Gasteiger partial charge in [0.1, 0.15) is 0 Å². The molecule has 1 aromatic carbocycles. The number of esters is 1. The molecule has 0 saturated carbocycles. The number of hydrogen-bond acceptors (Lipinski definition) is 3. The van der Waals surface area contributed by atoms with Crippen molar-refractivity contribution in [3.8, 4) is 0 Å². The van der Waals surface area contributed by atoms with Gasteiger partial charge in [-0.05, 0) is 12.7 Å². The van der Waals surface area contributed by atoms with Gasteiger partial charge in [0.2, 0.25) is 11.1 Å². The van der Waals surface area contributed by atoms with Crippen LogP contribution in [-0.4, -0.2) is 35.0 Å². The van der Waals surface area contributed by atoms with Crippen LogP contribution in [0.2, 0.25) is 0 Å². The Morgan fingerprint density at radius 3 is 2.79 bits per heavy atom. The van der Waals surface area contributed by atoms with Crippen LogP contribution in [0.5, 0.6) is 0 Å². The predicted octanol–water partition coefficient (Wildman–Crippen LogP) is 2.69. The smallest absolute Gasteiger partial charge is 0.375 e. The Hall–Kier alpha value is -1.29. The van der Waals surface area contributed by atoms with Crippen LogP contribution in [0.3, 0.4) is 0 Å². The van der Waals surface area contributed by atoms with Gasteiger partial charge in [-0.2, -0.15) is 0 Å². The second-order valence-electron chi connectivity index (χ2n) is 4.64. The van der Waals surface area contributed by atoms with Crippen molar-refractivity contribution in [3.63, 3.8) is 0 Å². The molecule has 0 spiro atoms. The summed E-state index contributed by atoms with van der Waals surface area (Å²) in [6.07, 6.45) is 5.07. The molecule has 1 aliphatic heterocycles. The summed E-state index contributed by atoms with van der Waals surface area (Å²) in [6, 6.07) is 10.1. The van der Waals surface area contributed by atoms with Crippen LogP contribution in [0.1, 0.15) is 24.8 Å². The third-order valence-corrected chi connectivity index (χ3v) is 4.38. The van der Waals surface area contributed by atoms with E-state index in [1.807, 2.05) is 18.2 Å². The number of carbonyl (C=O) groups is 1. The first-order valence-corrected chi connectivity index (χ1v) is 7.77. The fraction of sp³-hybridized carbons (Fsp3) is 0.467. The highest BCUT2D eigenvalue weighted by atomic mass is 32.2. The van der Waals surface area contributed by atoms with Gasteiger partial charge in [0.05, 0.1) is 7.11 Å². The van der Waals surface area contributed by atoms with Gasteiger partial charge < -0.3 is 4.74 Å². The summed E-state index contributed by atoms with van der Waals surface area (Å²) in [5.41, 5.74) is 1.23. The fourth-order valence-corrected chi connectivity index (χ4v) is 3.27. The minimum Gasteiger partial charge on any atom is -0.464 e.